The summed E-state index contributed by atoms with van der Waals surface area (Å²) in [5.74, 6) is 0.268. The molecule has 0 aliphatic carbocycles. The minimum Gasteiger partial charge on any atom is -0.435 e. The number of hydrogen-bond acceptors (Lipinski definition) is 3. The third-order valence-electron chi connectivity index (χ3n) is 4.97. The van der Waals surface area contributed by atoms with E-state index in [1.807, 2.05) is 23.1 Å². The van der Waals surface area contributed by atoms with Crippen molar-refractivity contribution in [1.82, 2.24) is 9.80 Å². The van der Waals surface area contributed by atoms with Crippen LogP contribution >= 0.6 is 0 Å². The van der Waals surface area contributed by atoms with E-state index >= 15 is 0 Å². The summed E-state index contributed by atoms with van der Waals surface area (Å²) in [6.07, 6.45) is 5.29. The summed E-state index contributed by atoms with van der Waals surface area (Å²) in [7, 11) is 0. The van der Waals surface area contributed by atoms with Crippen molar-refractivity contribution in [2.45, 2.75) is 19.5 Å². The molecule has 1 fully saturated rings. The van der Waals surface area contributed by atoms with Gasteiger partial charge in [0.15, 0.2) is 0 Å². The molecule has 2 aromatic carbocycles. The summed E-state index contributed by atoms with van der Waals surface area (Å²) in [6.45, 7) is 1.26. The molecule has 6 heteroatoms. The van der Waals surface area contributed by atoms with E-state index in [0.29, 0.717) is 12.8 Å². The Morgan fingerprint density at radius 2 is 1.69 bits per heavy atom. The molecular formula is C23H26F2N2O2. The zero-order chi connectivity index (χ0) is 20.5. The molecule has 0 aromatic heterocycles. The van der Waals surface area contributed by atoms with E-state index in [9.17, 15) is 13.6 Å². The molecule has 0 radical (unpaired) electrons. The number of ether oxygens (including phenoxy) is 1. The van der Waals surface area contributed by atoms with Crippen LogP contribution < -0.4 is 4.74 Å². The molecule has 0 saturated carbocycles. The van der Waals surface area contributed by atoms with Gasteiger partial charge in [-0.05, 0) is 29.7 Å². The molecule has 2 aromatic rings. The molecule has 0 unspecified atom stereocenters. The van der Waals surface area contributed by atoms with E-state index in [0.717, 1.165) is 38.3 Å². The van der Waals surface area contributed by atoms with Crippen LogP contribution in [0.3, 0.4) is 0 Å². The van der Waals surface area contributed by atoms with Crippen molar-refractivity contribution in [3.63, 3.8) is 0 Å². The number of nitrogens with zero attached hydrogens (tertiary/aromatic N) is 2. The Morgan fingerprint density at radius 1 is 1.00 bits per heavy atom. The summed E-state index contributed by atoms with van der Waals surface area (Å²) < 4.78 is 28.7. The average Bonchev–Trinajstić information content (AvgIpc) is 2.74. The lowest BCUT2D eigenvalue weighted by atomic mass is 10.1. The van der Waals surface area contributed by atoms with Crippen molar-refractivity contribution in [3.8, 4) is 5.75 Å². The van der Waals surface area contributed by atoms with Crippen molar-refractivity contribution >= 4 is 12.0 Å². The lowest BCUT2D eigenvalue weighted by Crippen LogP contribution is -2.48. The zero-order valence-corrected chi connectivity index (χ0v) is 16.3. The van der Waals surface area contributed by atoms with E-state index in [-0.39, 0.29) is 11.7 Å². The van der Waals surface area contributed by atoms with Crippen LogP contribution in [0.1, 0.15) is 17.5 Å². The van der Waals surface area contributed by atoms with Gasteiger partial charge in [-0.1, -0.05) is 54.6 Å². The molecule has 1 saturated heterocycles. The number of carbonyl (C=O) groups is 1. The fourth-order valence-electron chi connectivity index (χ4n) is 3.33. The highest BCUT2D eigenvalue weighted by Gasteiger charge is 2.20. The Morgan fingerprint density at radius 3 is 2.34 bits per heavy atom. The highest BCUT2D eigenvalue weighted by molar-refractivity contribution is 5.76. The van der Waals surface area contributed by atoms with Crippen LogP contribution in [0.25, 0.3) is 6.08 Å². The normalized spacial score (nSPS) is 15.2. The lowest BCUT2D eigenvalue weighted by molar-refractivity contribution is -0.132. The predicted molar refractivity (Wildman–Crippen MR) is 110 cm³/mol. The molecular weight excluding hydrogens is 374 g/mol. The van der Waals surface area contributed by atoms with Gasteiger partial charge in [0.1, 0.15) is 5.75 Å². The number of rotatable bonds is 8. The number of piperazine rings is 1. The van der Waals surface area contributed by atoms with Gasteiger partial charge in [0.05, 0.1) is 0 Å². The summed E-state index contributed by atoms with van der Waals surface area (Å²) in [4.78, 5) is 16.7. The lowest BCUT2D eigenvalue weighted by Gasteiger charge is -2.34. The summed E-state index contributed by atoms with van der Waals surface area (Å²) in [5.41, 5.74) is 2.12. The number of hydrogen-bond donors (Lipinski definition) is 0. The Bertz CT molecular complexity index is 786. The van der Waals surface area contributed by atoms with Gasteiger partial charge in [0, 0.05) is 39.1 Å². The first-order chi connectivity index (χ1) is 14.1. The number of halogens is 2. The van der Waals surface area contributed by atoms with Gasteiger partial charge in [0.25, 0.3) is 0 Å². The van der Waals surface area contributed by atoms with E-state index in [2.05, 4.69) is 33.9 Å². The summed E-state index contributed by atoms with van der Waals surface area (Å²) in [6, 6.07) is 16.7. The van der Waals surface area contributed by atoms with Crippen molar-refractivity contribution < 1.29 is 18.3 Å². The first kappa shape index (κ1) is 21.0. The van der Waals surface area contributed by atoms with Crippen LogP contribution in [0.15, 0.2) is 60.7 Å². The van der Waals surface area contributed by atoms with E-state index in [4.69, 9.17) is 0 Å². The fourth-order valence-corrected chi connectivity index (χ4v) is 3.33. The van der Waals surface area contributed by atoms with E-state index in [1.165, 1.54) is 17.7 Å². The smallest absolute Gasteiger partial charge is 0.387 e. The number of carbonyl (C=O) groups excluding carboxylic acids is 1. The maximum atomic E-state index is 12.5. The first-order valence-corrected chi connectivity index (χ1v) is 9.85. The van der Waals surface area contributed by atoms with Crippen LogP contribution in [0.5, 0.6) is 5.75 Å². The second kappa shape index (κ2) is 10.7. The maximum Gasteiger partial charge on any atom is 0.387 e. The number of aryl methyl sites for hydroxylation is 1. The standard InChI is InChI=1S/C23H26F2N2O2/c24-23(25)29-21-11-8-20(9-12-21)10-13-22(28)27-17-15-26(16-18-27)14-4-7-19-5-2-1-3-6-19/h1-9,11-12,23H,10,13-18H2/b7-4+. The van der Waals surface area contributed by atoms with Gasteiger partial charge >= 0.3 is 6.61 Å². The molecule has 0 spiro atoms. The molecule has 1 heterocycles. The molecule has 3 rings (SSSR count). The summed E-state index contributed by atoms with van der Waals surface area (Å²) >= 11 is 0. The molecule has 0 bridgehead atoms. The Kier molecular flexibility index (Phi) is 7.76. The van der Waals surface area contributed by atoms with E-state index in [1.54, 1.807) is 12.1 Å². The minimum atomic E-state index is -2.82. The van der Waals surface area contributed by atoms with E-state index < -0.39 is 6.61 Å². The SMILES string of the molecule is O=C(CCc1ccc(OC(F)F)cc1)N1CCN(C/C=C/c2ccccc2)CC1. The molecule has 1 aliphatic rings. The Balaban J connectivity index is 1.37. The Hall–Kier alpha value is -2.73. The monoisotopic (exact) mass is 400 g/mol. The molecule has 154 valence electrons. The van der Waals surface area contributed by atoms with Gasteiger partial charge in [0.2, 0.25) is 5.91 Å². The van der Waals surface area contributed by atoms with Crippen molar-refractivity contribution in [1.29, 1.82) is 0 Å². The van der Waals surface area contributed by atoms with Gasteiger partial charge in [-0.2, -0.15) is 8.78 Å². The van der Waals surface area contributed by atoms with Crippen LogP contribution in [-0.4, -0.2) is 55.0 Å². The fraction of sp³-hybridized carbons (Fsp3) is 0.348. The topological polar surface area (TPSA) is 32.8 Å². The van der Waals surface area contributed by atoms with Crippen LogP contribution in [0, 0.1) is 0 Å². The molecule has 4 nitrogen and oxygen atoms in total. The highest BCUT2D eigenvalue weighted by Crippen LogP contribution is 2.16. The molecule has 1 amide bonds. The molecule has 0 N–H and O–H groups in total. The van der Waals surface area contributed by atoms with Crippen LogP contribution in [-0.2, 0) is 11.2 Å². The second-order valence-corrected chi connectivity index (χ2v) is 7.02. The largest absolute Gasteiger partial charge is 0.435 e. The Labute approximate surface area is 170 Å². The molecule has 29 heavy (non-hydrogen) atoms. The zero-order valence-electron chi connectivity index (χ0n) is 16.3. The van der Waals surface area contributed by atoms with Crippen molar-refractivity contribution in [2.75, 3.05) is 32.7 Å². The highest BCUT2D eigenvalue weighted by atomic mass is 19.3. The van der Waals surface area contributed by atoms with Crippen LogP contribution in [0.4, 0.5) is 8.78 Å². The van der Waals surface area contributed by atoms with Crippen LogP contribution in [0.2, 0.25) is 0 Å². The predicted octanol–water partition coefficient (Wildman–Crippen LogP) is 4.08. The molecule has 1 aliphatic heterocycles. The van der Waals surface area contributed by atoms with Gasteiger partial charge in [-0.3, -0.25) is 9.69 Å². The number of amides is 1. The number of alkyl halides is 2. The van der Waals surface area contributed by atoms with Crippen molar-refractivity contribution in [3.05, 3.63) is 71.8 Å². The van der Waals surface area contributed by atoms with Gasteiger partial charge < -0.3 is 9.64 Å². The average molecular weight is 400 g/mol. The number of benzene rings is 2. The maximum absolute atomic E-state index is 12.5. The minimum absolute atomic E-state index is 0.132. The quantitative estimate of drug-likeness (QED) is 0.670. The first-order valence-electron chi connectivity index (χ1n) is 9.85. The van der Waals surface area contributed by atoms with Gasteiger partial charge in [-0.25, -0.2) is 0 Å². The third kappa shape index (κ3) is 6.98. The molecule has 0 atom stereocenters. The third-order valence-corrected chi connectivity index (χ3v) is 4.97. The second-order valence-electron chi connectivity index (χ2n) is 7.02. The van der Waals surface area contributed by atoms with Crippen molar-refractivity contribution in [2.24, 2.45) is 0 Å². The summed E-state index contributed by atoms with van der Waals surface area (Å²) in [5, 5.41) is 0. The van der Waals surface area contributed by atoms with Gasteiger partial charge in [-0.15, -0.1) is 0 Å².